The first-order valence-electron chi connectivity index (χ1n) is 8.17. The smallest absolute Gasteiger partial charge is 0.251 e. The highest BCUT2D eigenvalue weighted by Gasteiger charge is 2.18. The summed E-state index contributed by atoms with van der Waals surface area (Å²) in [4.78, 5) is 18.6. The molecule has 2 aromatic heterocycles. The highest BCUT2D eigenvalue weighted by Crippen LogP contribution is 2.32. The van der Waals surface area contributed by atoms with Crippen molar-refractivity contribution in [1.82, 2.24) is 14.7 Å². The van der Waals surface area contributed by atoms with E-state index >= 15 is 0 Å². The van der Waals surface area contributed by atoms with Gasteiger partial charge in [-0.25, -0.2) is 0 Å². The molecule has 1 aliphatic rings. The number of rotatable bonds is 3. The zero-order valence-corrected chi connectivity index (χ0v) is 14.7. The predicted molar refractivity (Wildman–Crippen MR) is 99.3 cm³/mol. The molecule has 1 N–H and O–H groups in total. The summed E-state index contributed by atoms with van der Waals surface area (Å²) in [5.74, 6) is -0.0882. The van der Waals surface area contributed by atoms with Crippen molar-refractivity contribution in [3.05, 3.63) is 42.1 Å². The van der Waals surface area contributed by atoms with E-state index in [9.17, 15) is 4.79 Å². The summed E-state index contributed by atoms with van der Waals surface area (Å²) >= 11 is 1.49. The Hall–Kier alpha value is -2.51. The molecule has 0 atom stereocenters. The minimum Gasteiger partial charge on any atom is -0.378 e. The third-order valence-corrected chi connectivity index (χ3v) is 5.22. The van der Waals surface area contributed by atoms with E-state index in [-0.39, 0.29) is 5.91 Å². The van der Waals surface area contributed by atoms with Gasteiger partial charge in [0.1, 0.15) is 16.0 Å². The van der Waals surface area contributed by atoms with Crippen molar-refractivity contribution in [1.29, 1.82) is 0 Å². The van der Waals surface area contributed by atoms with Gasteiger partial charge < -0.3 is 15.0 Å². The van der Waals surface area contributed by atoms with Crippen molar-refractivity contribution in [3.8, 4) is 11.1 Å². The summed E-state index contributed by atoms with van der Waals surface area (Å²) in [6.45, 7) is 3.24. The number of hydrogen-bond acceptors (Lipinski definition) is 6. The Morgan fingerprint density at radius 1 is 1.20 bits per heavy atom. The van der Waals surface area contributed by atoms with Gasteiger partial charge in [0.25, 0.3) is 5.91 Å². The lowest BCUT2D eigenvalue weighted by molar-refractivity contribution is 0.0963. The summed E-state index contributed by atoms with van der Waals surface area (Å²) in [5.41, 5.74) is 4.50. The molecule has 0 bridgehead atoms. The molecule has 0 spiro atoms. The molecular weight excluding hydrogens is 336 g/mol. The number of nitrogens with zero attached hydrogens (tertiary/aromatic N) is 3. The van der Waals surface area contributed by atoms with E-state index in [2.05, 4.69) is 25.6 Å². The standard InChI is InChI=1S/C18H18N4O2S/c1-19-17(23)13-4-2-12(3-5-13)14-10-15-16(20-11-14)18(25-21-15)22-6-8-24-9-7-22/h2-5,10-11H,6-9H2,1H3,(H,19,23). The number of carbonyl (C=O) groups excluding carboxylic acids is 1. The number of nitrogens with one attached hydrogen (secondary N) is 1. The second kappa shape index (κ2) is 6.78. The number of morpholine rings is 1. The van der Waals surface area contributed by atoms with Gasteiger partial charge >= 0.3 is 0 Å². The van der Waals surface area contributed by atoms with Crippen LogP contribution < -0.4 is 10.2 Å². The number of amides is 1. The average molecular weight is 354 g/mol. The molecule has 0 radical (unpaired) electrons. The topological polar surface area (TPSA) is 67.4 Å². The molecule has 0 unspecified atom stereocenters. The second-order valence-corrected chi connectivity index (χ2v) is 6.59. The van der Waals surface area contributed by atoms with Gasteiger partial charge in [-0.1, -0.05) is 12.1 Å². The number of benzene rings is 1. The molecule has 128 valence electrons. The van der Waals surface area contributed by atoms with E-state index in [0.29, 0.717) is 5.56 Å². The number of pyridine rings is 1. The monoisotopic (exact) mass is 354 g/mol. The van der Waals surface area contributed by atoms with Crippen LogP contribution in [0.1, 0.15) is 10.4 Å². The molecule has 1 fully saturated rings. The molecule has 0 saturated carbocycles. The Labute approximate surface area is 149 Å². The van der Waals surface area contributed by atoms with Crippen molar-refractivity contribution in [3.63, 3.8) is 0 Å². The van der Waals surface area contributed by atoms with Gasteiger partial charge in [-0.05, 0) is 35.3 Å². The van der Waals surface area contributed by atoms with Crippen LogP contribution in [0.4, 0.5) is 5.00 Å². The molecule has 1 aromatic carbocycles. The number of fused-ring (bicyclic) bond motifs is 1. The molecule has 0 aliphatic carbocycles. The molecule has 3 aromatic rings. The quantitative estimate of drug-likeness (QED) is 0.783. The Bertz CT molecular complexity index is 901. The first kappa shape index (κ1) is 16.0. The van der Waals surface area contributed by atoms with Gasteiger partial charge in [0, 0.05) is 37.5 Å². The van der Waals surface area contributed by atoms with Gasteiger partial charge in [0.15, 0.2) is 0 Å². The maximum absolute atomic E-state index is 11.6. The largest absolute Gasteiger partial charge is 0.378 e. The molecule has 1 amide bonds. The minimum atomic E-state index is -0.0882. The van der Waals surface area contributed by atoms with Crippen LogP contribution in [0.2, 0.25) is 0 Å². The van der Waals surface area contributed by atoms with Crippen molar-refractivity contribution in [2.45, 2.75) is 0 Å². The van der Waals surface area contributed by atoms with Crippen LogP contribution in [-0.4, -0.2) is 48.6 Å². The average Bonchev–Trinajstić information content (AvgIpc) is 3.11. The number of hydrogen-bond donors (Lipinski definition) is 1. The van der Waals surface area contributed by atoms with E-state index in [1.807, 2.05) is 30.5 Å². The fourth-order valence-electron chi connectivity index (χ4n) is 2.91. The molecule has 4 rings (SSSR count). The summed E-state index contributed by atoms with van der Waals surface area (Å²) in [6.07, 6.45) is 1.87. The maximum atomic E-state index is 11.6. The van der Waals surface area contributed by atoms with Crippen LogP contribution in [0.15, 0.2) is 36.5 Å². The van der Waals surface area contributed by atoms with Crippen molar-refractivity contribution >= 4 is 33.5 Å². The molecule has 1 aliphatic heterocycles. The Balaban J connectivity index is 1.64. The summed E-state index contributed by atoms with van der Waals surface area (Å²) < 4.78 is 9.99. The summed E-state index contributed by atoms with van der Waals surface area (Å²) in [7, 11) is 1.63. The zero-order valence-electron chi connectivity index (χ0n) is 13.9. The highest BCUT2D eigenvalue weighted by molar-refractivity contribution is 7.11. The first-order chi connectivity index (χ1) is 12.3. The lowest BCUT2D eigenvalue weighted by Gasteiger charge is -2.26. The maximum Gasteiger partial charge on any atom is 0.251 e. The third-order valence-electron chi connectivity index (χ3n) is 4.31. The number of anilines is 1. The Morgan fingerprint density at radius 3 is 2.68 bits per heavy atom. The number of aromatic nitrogens is 2. The minimum absolute atomic E-state index is 0.0882. The second-order valence-electron chi connectivity index (χ2n) is 5.84. The van der Waals surface area contributed by atoms with E-state index in [0.717, 1.165) is 53.5 Å². The van der Waals surface area contributed by atoms with Gasteiger partial charge in [-0.15, -0.1) is 0 Å². The zero-order chi connectivity index (χ0) is 17.2. The van der Waals surface area contributed by atoms with E-state index in [1.165, 1.54) is 11.5 Å². The number of carbonyl (C=O) groups is 1. The van der Waals surface area contributed by atoms with Gasteiger partial charge in [-0.3, -0.25) is 9.78 Å². The molecule has 3 heterocycles. The molecule has 1 saturated heterocycles. The van der Waals surface area contributed by atoms with Crippen LogP contribution in [-0.2, 0) is 4.74 Å². The van der Waals surface area contributed by atoms with Crippen LogP contribution in [0.5, 0.6) is 0 Å². The fourth-order valence-corrected chi connectivity index (χ4v) is 3.78. The van der Waals surface area contributed by atoms with Crippen molar-refractivity contribution in [2.24, 2.45) is 0 Å². The summed E-state index contributed by atoms with van der Waals surface area (Å²) in [5, 5.41) is 3.74. The van der Waals surface area contributed by atoms with E-state index in [4.69, 9.17) is 4.74 Å². The Kier molecular flexibility index (Phi) is 4.33. The lowest BCUT2D eigenvalue weighted by Crippen LogP contribution is -2.35. The van der Waals surface area contributed by atoms with Crippen molar-refractivity contribution < 1.29 is 9.53 Å². The lowest BCUT2D eigenvalue weighted by atomic mass is 10.0. The normalized spacial score (nSPS) is 14.7. The molecule has 7 heteroatoms. The SMILES string of the molecule is CNC(=O)c1ccc(-c2cnc3c(N4CCOCC4)snc3c2)cc1. The van der Waals surface area contributed by atoms with Crippen LogP contribution in [0.3, 0.4) is 0 Å². The van der Waals surface area contributed by atoms with E-state index < -0.39 is 0 Å². The molecule has 25 heavy (non-hydrogen) atoms. The molecular formula is C18H18N4O2S. The van der Waals surface area contributed by atoms with E-state index in [1.54, 1.807) is 7.05 Å². The highest BCUT2D eigenvalue weighted by atomic mass is 32.1. The summed E-state index contributed by atoms with van der Waals surface area (Å²) in [6, 6.07) is 9.56. The molecule has 6 nitrogen and oxygen atoms in total. The van der Waals surface area contributed by atoms with Crippen molar-refractivity contribution in [2.75, 3.05) is 38.3 Å². The Morgan fingerprint density at radius 2 is 1.96 bits per heavy atom. The predicted octanol–water partition coefficient (Wildman–Crippen LogP) is 2.55. The third kappa shape index (κ3) is 3.08. The fraction of sp³-hybridized carbons (Fsp3) is 0.278. The van der Waals surface area contributed by atoms with Crippen LogP contribution in [0.25, 0.3) is 22.2 Å². The van der Waals surface area contributed by atoms with Crippen LogP contribution >= 0.6 is 11.5 Å². The number of ether oxygens (including phenoxy) is 1. The van der Waals surface area contributed by atoms with Crippen LogP contribution in [0, 0.1) is 0 Å². The van der Waals surface area contributed by atoms with Gasteiger partial charge in [-0.2, -0.15) is 4.37 Å². The van der Waals surface area contributed by atoms with Gasteiger partial charge in [0.2, 0.25) is 0 Å². The first-order valence-corrected chi connectivity index (χ1v) is 8.94. The van der Waals surface area contributed by atoms with Gasteiger partial charge in [0.05, 0.1) is 13.2 Å².